The number of rotatable bonds is 5. The number of aryl methyl sites for hydroxylation is 1. The quantitative estimate of drug-likeness (QED) is 0.808. The number of carbonyl (C=O) groups is 3. The number of para-hydroxylation sites is 1. The summed E-state index contributed by atoms with van der Waals surface area (Å²) in [7, 11) is 0. The second kappa shape index (κ2) is 7.22. The summed E-state index contributed by atoms with van der Waals surface area (Å²) >= 11 is 0. The molecule has 2 atom stereocenters. The van der Waals surface area contributed by atoms with Crippen LogP contribution >= 0.6 is 0 Å². The number of hydrogen-bond acceptors (Lipinski definition) is 6. The molecule has 1 N–H and O–H groups in total. The molecule has 3 amide bonds. The molecule has 0 saturated carbocycles. The zero-order valence-electron chi connectivity index (χ0n) is 15.3. The maximum absolute atomic E-state index is 12.9. The number of carbonyl (C=O) groups excluding carboxylic acids is 3. The van der Waals surface area contributed by atoms with E-state index in [1.807, 2.05) is 37.3 Å². The highest BCUT2D eigenvalue weighted by Crippen LogP contribution is 2.31. The molecule has 0 unspecified atom stereocenters. The van der Waals surface area contributed by atoms with E-state index in [2.05, 4.69) is 15.7 Å². The molecule has 8 nitrogen and oxygen atoms in total. The Labute approximate surface area is 161 Å². The molecule has 0 aliphatic carbocycles. The summed E-state index contributed by atoms with van der Waals surface area (Å²) < 4.78 is 0. The van der Waals surface area contributed by atoms with Gasteiger partial charge in [0.1, 0.15) is 6.54 Å². The maximum atomic E-state index is 12.9. The summed E-state index contributed by atoms with van der Waals surface area (Å²) in [6, 6.07) is 14.5. The van der Waals surface area contributed by atoms with Crippen molar-refractivity contribution in [3.8, 4) is 0 Å². The van der Waals surface area contributed by atoms with Crippen molar-refractivity contribution in [1.82, 2.24) is 5.01 Å². The van der Waals surface area contributed by atoms with Crippen LogP contribution in [0.5, 0.6) is 0 Å². The third kappa shape index (κ3) is 3.13. The predicted molar refractivity (Wildman–Crippen MR) is 103 cm³/mol. The van der Waals surface area contributed by atoms with E-state index in [1.165, 1.54) is 5.01 Å². The van der Waals surface area contributed by atoms with Crippen LogP contribution in [-0.4, -0.2) is 41.4 Å². The maximum Gasteiger partial charge on any atom is 0.263 e. The van der Waals surface area contributed by atoms with Crippen molar-refractivity contribution in [1.29, 1.82) is 0 Å². The number of imide groups is 1. The summed E-state index contributed by atoms with van der Waals surface area (Å²) in [6.07, 6.45) is 0.867. The molecule has 2 aliphatic rings. The van der Waals surface area contributed by atoms with Crippen molar-refractivity contribution >= 4 is 29.1 Å². The summed E-state index contributed by atoms with van der Waals surface area (Å²) in [5.41, 5.74) is 2.26. The Hall–Kier alpha value is -3.55. The number of fused-ring (bicyclic) bond motifs is 1. The van der Waals surface area contributed by atoms with E-state index in [4.69, 9.17) is 0 Å². The van der Waals surface area contributed by atoms with Crippen LogP contribution in [0.3, 0.4) is 0 Å². The largest absolute Gasteiger partial charge is 0.324 e. The van der Waals surface area contributed by atoms with Crippen molar-refractivity contribution in [2.24, 2.45) is 10.3 Å². The lowest BCUT2D eigenvalue weighted by atomic mass is 10.1. The van der Waals surface area contributed by atoms with Crippen LogP contribution in [0.4, 0.5) is 11.4 Å². The van der Waals surface area contributed by atoms with Gasteiger partial charge in [0.05, 0.1) is 5.69 Å². The summed E-state index contributed by atoms with van der Waals surface area (Å²) in [5, 5.41) is 11.8. The third-order valence-electron chi connectivity index (χ3n) is 4.82. The molecule has 0 bridgehead atoms. The first-order chi connectivity index (χ1) is 13.6. The fourth-order valence-corrected chi connectivity index (χ4v) is 3.36. The van der Waals surface area contributed by atoms with Crippen LogP contribution < -0.4 is 10.2 Å². The van der Waals surface area contributed by atoms with Crippen molar-refractivity contribution in [2.75, 3.05) is 16.8 Å². The van der Waals surface area contributed by atoms with Gasteiger partial charge in [-0.25, -0.2) is 4.90 Å². The van der Waals surface area contributed by atoms with Crippen LogP contribution in [0.15, 0.2) is 64.9 Å². The number of hydrogen-bond donors (Lipinski definition) is 1. The van der Waals surface area contributed by atoms with E-state index in [-0.39, 0.29) is 12.5 Å². The Kier molecular flexibility index (Phi) is 4.60. The first-order valence-electron chi connectivity index (χ1n) is 9.07. The van der Waals surface area contributed by atoms with Gasteiger partial charge in [0.15, 0.2) is 12.1 Å². The van der Waals surface area contributed by atoms with Crippen molar-refractivity contribution in [2.45, 2.75) is 25.4 Å². The SMILES string of the molecule is CCc1ccc(N2C(=O)[C@H]3N=NN(CC(=O)Nc4ccccc4)[C@@H]3C2=O)cc1. The molecule has 0 radical (unpaired) electrons. The molecule has 1 saturated heterocycles. The van der Waals surface area contributed by atoms with Crippen molar-refractivity contribution < 1.29 is 14.4 Å². The summed E-state index contributed by atoms with van der Waals surface area (Å²) in [6.45, 7) is 1.87. The van der Waals surface area contributed by atoms with Gasteiger partial charge in [-0.15, -0.1) is 0 Å². The molecular weight excluding hydrogens is 358 g/mol. The van der Waals surface area contributed by atoms with Gasteiger partial charge >= 0.3 is 0 Å². The Morgan fingerprint density at radius 1 is 1.04 bits per heavy atom. The van der Waals surface area contributed by atoms with Gasteiger partial charge < -0.3 is 5.32 Å². The molecule has 0 aromatic heterocycles. The highest BCUT2D eigenvalue weighted by molar-refractivity contribution is 6.25. The fourth-order valence-electron chi connectivity index (χ4n) is 3.36. The molecule has 2 aromatic rings. The normalized spacial score (nSPS) is 20.6. The number of amides is 3. The van der Waals surface area contributed by atoms with Gasteiger partial charge in [-0.1, -0.05) is 42.5 Å². The van der Waals surface area contributed by atoms with Gasteiger partial charge in [-0.05, 0) is 36.2 Å². The molecule has 0 spiro atoms. The van der Waals surface area contributed by atoms with Crippen LogP contribution in [0.2, 0.25) is 0 Å². The fraction of sp³-hybridized carbons (Fsp3) is 0.250. The lowest BCUT2D eigenvalue weighted by Gasteiger charge is -2.20. The highest BCUT2D eigenvalue weighted by Gasteiger charge is 2.55. The van der Waals surface area contributed by atoms with E-state index in [1.54, 1.807) is 24.3 Å². The van der Waals surface area contributed by atoms with E-state index >= 15 is 0 Å². The van der Waals surface area contributed by atoms with E-state index in [0.717, 1.165) is 16.9 Å². The molecule has 142 valence electrons. The molecule has 2 aromatic carbocycles. The van der Waals surface area contributed by atoms with E-state index in [0.29, 0.717) is 11.4 Å². The second-order valence-electron chi connectivity index (χ2n) is 6.64. The van der Waals surface area contributed by atoms with Gasteiger partial charge in [-0.2, -0.15) is 5.11 Å². The minimum atomic E-state index is -0.914. The Morgan fingerprint density at radius 2 is 1.75 bits per heavy atom. The first kappa shape index (κ1) is 17.8. The van der Waals surface area contributed by atoms with Gasteiger partial charge in [0.25, 0.3) is 11.8 Å². The molecule has 2 heterocycles. The van der Waals surface area contributed by atoms with Crippen molar-refractivity contribution in [3.05, 3.63) is 60.2 Å². The van der Waals surface area contributed by atoms with Crippen LogP contribution in [0, 0.1) is 0 Å². The van der Waals surface area contributed by atoms with Gasteiger partial charge in [0, 0.05) is 5.69 Å². The van der Waals surface area contributed by atoms with Crippen LogP contribution in [0.1, 0.15) is 12.5 Å². The highest BCUT2D eigenvalue weighted by atomic mass is 16.2. The number of nitrogens with zero attached hydrogens (tertiary/aromatic N) is 4. The first-order valence-corrected chi connectivity index (χ1v) is 9.07. The molecular formula is C20H19N5O3. The van der Waals surface area contributed by atoms with Crippen molar-refractivity contribution in [3.63, 3.8) is 0 Å². The molecule has 2 aliphatic heterocycles. The average Bonchev–Trinajstić information content (AvgIpc) is 3.22. The van der Waals surface area contributed by atoms with Crippen LogP contribution in [0.25, 0.3) is 0 Å². The Balaban J connectivity index is 1.48. The number of nitrogens with one attached hydrogen (secondary N) is 1. The molecule has 28 heavy (non-hydrogen) atoms. The Bertz CT molecular complexity index is 942. The molecule has 4 rings (SSSR count). The summed E-state index contributed by atoms with van der Waals surface area (Å²) in [5.74, 6) is -1.18. The monoisotopic (exact) mass is 377 g/mol. The number of benzene rings is 2. The third-order valence-corrected chi connectivity index (χ3v) is 4.82. The Morgan fingerprint density at radius 3 is 2.43 bits per heavy atom. The zero-order chi connectivity index (χ0) is 19.7. The standard InChI is InChI=1S/C20H19N5O3/c1-2-13-8-10-15(11-9-13)25-19(27)17-18(20(25)28)24(23-22-17)12-16(26)21-14-6-4-3-5-7-14/h3-11,17-18H,2,12H2,1H3,(H,21,26)/t17-,18-/m0/s1. The van der Waals surface area contributed by atoms with Gasteiger partial charge in [0.2, 0.25) is 5.91 Å². The minimum absolute atomic E-state index is 0.165. The van der Waals surface area contributed by atoms with Gasteiger partial charge in [-0.3, -0.25) is 19.4 Å². The second-order valence-corrected chi connectivity index (χ2v) is 6.64. The minimum Gasteiger partial charge on any atom is -0.324 e. The number of anilines is 2. The smallest absolute Gasteiger partial charge is 0.263 e. The summed E-state index contributed by atoms with van der Waals surface area (Å²) in [4.78, 5) is 39.0. The predicted octanol–water partition coefficient (Wildman–Crippen LogP) is 2.18. The zero-order valence-corrected chi connectivity index (χ0v) is 15.3. The van der Waals surface area contributed by atoms with Crippen LogP contribution in [-0.2, 0) is 20.8 Å². The lowest BCUT2D eigenvalue weighted by molar-refractivity contribution is -0.123. The average molecular weight is 377 g/mol. The molecule has 1 fully saturated rings. The lowest BCUT2D eigenvalue weighted by Crippen LogP contribution is -2.43. The van der Waals surface area contributed by atoms with E-state index in [9.17, 15) is 14.4 Å². The molecule has 8 heteroatoms. The van der Waals surface area contributed by atoms with E-state index < -0.39 is 23.9 Å². The topological polar surface area (TPSA) is 94.4 Å².